The van der Waals surface area contributed by atoms with Gasteiger partial charge in [0.15, 0.2) is 5.96 Å². The third-order valence-corrected chi connectivity index (χ3v) is 3.21. The summed E-state index contributed by atoms with van der Waals surface area (Å²) in [6, 6.07) is 10.8. The van der Waals surface area contributed by atoms with Crippen LogP contribution in [0.3, 0.4) is 0 Å². The van der Waals surface area contributed by atoms with Crippen LogP contribution in [0.25, 0.3) is 0 Å². The molecular weight excluding hydrogens is 339 g/mol. The Labute approximate surface area is 125 Å². The Kier molecular flexibility index (Phi) is 6.42. The van der Waals surface area contributed by atoms with Crippen molar-refractivity contribution in [3.8, 4) is 0 Å². The number of benzene rings is 1. The maximum Gasteiger partial charge on any atom is 0.185 e. The van der Waals surface area contributed by atoms with Crippen molar-refractivity contribution in [1.29, 1.82) is 0 Å². The van der Waals surface area contributed by atoms with Crippen molar-refractivity contribution in [3.63, 3.8) is 0 Å². The van der Waals surface area contributed by atoms with E-state index >= 15 is 0 Å². The number of guanidine groups is 1. The molecule has 1 aromatic rings. The predicted octanol–water partition coefficient (Wildman–Crippen LogP) is 1.71. The number of likely N-dealkylation sites (tertiary alicyclic amines) is 1. The van der Waals surface area contributed by atoms with Gasteiger partial charge in [0, 0.05) is 0 Å². The lowest BCUT2D eigenvalue weighted by Crippen LogP contribution is -2.30. The Balaban J connectivity index is 0.00000162. The summed E-state index contributed by atoms with van der Waals surface area (Å²) in [5.74, 6) is 0.171. The Hall–Kier alpha value is -0.820. The first-order valence-electron chi connectivity index (χ1n) is 6.12. The van der Waals surface area contributed by atoms with Crippen LogP contribution in [0.5, 0.6) is 0 Å². The topological polar surface area (TPSA) is 67.6 Å². The van der Waals surface area contributed by atoms with Gasteiger partial charge in [0.2, 0.25) is 0 Å². The molecule has 1 aliphatic rings. The maximum absolute atomic E-state index is 5.43. The summed E-state index contributed by atoms with van der Waals surface area (Å²) in [6.07, 6.45) is 2.54. The number of nitrogens with two attached hydrogens (primary N) is 2. The quantitative estimate of drug-likeness (QED) is 0.488. The summed E-state index contributed by atoms with van der Waals surface area (Å²) in [4.78, 5) is 6.64. The predicted molar refractivity (Wildman–Crippen MR) is 86.1 cm³/mol. The van der Waals surface area contributed by atoms with Gasteiger partial charge in [0.25, 0.3) is 0 Å². The van der Waals surface area contributed by atoms with Gasteiger partial charge in [-0.05, 0) is 31.5 Å². The minimum atomic E-state index is 0. The zero-order valence-corrected chi connectivity index (χ0v) is 12.8. The van der Waals surface area contributed by atoms with Crippen molar-refractivity contribution < 1.29 is 0 Å². The molecule has 1 unspecified atom stereocenters. The summed E-state index contributed by atoms with van der Waals surface area (Å²) < 4.78 is 0. The molecular formula is C13H21IN4. The van der Waals surface area contributed by atoms with Gasteiger partial charge in [-0.15, -0.1) is 24.0 Å². The second-order valence-corrected chi connectivity index (χ2v) is 4.44. The minimum Gasteiger partial charge on any atom is -0.370 e. The van der Waals surface area contributed by atoms with E-state index in [0.717, 1.165) is 13.1 Å². The molecule has 1 aliphatic heterocycles. The van der Waals surface area contributed by atoms with Crippen LogP contribution in [0, 0.1) is 0 Å². The van der Waals surface area contributed by atoms with E-state index in [0.29, 0.717) is 12.6 Å². The van der Waals surface area contributed by atoms with Crippen molar-refractivity contribution in [3.05, 3.63) is 35.9 Å². The number of halogens is 1. The third kappa shape index (κ3) is 4.13. The van der Waals surface area contributed by atoms with E-state index < -0.39 is 0 Å². The first kappa shape index (κ1) is 15.2. The number of rotatable bonds is 4. The maximum atomic E-state index is 5.43. The van der Waals surface area contributed by atoms with Crippen LogP contribution < -0.4 is 11.5 Å². The van der Waals surface area contributed by atoms with E-state index in [1.807, 2.05) is 6.07 Å². The molecule has 4 N–H and O–H groups in total. The van der Waals surface area contributed by atoms with Crippen molar-refractivity contribution >= 4 is 29.9 Å². The summed E-state index contributed by atoms with van der Waals surface area (Å²) in [5, 5.41) is 0. The zero-order valence-electron chi connectivity index (χ0n) is 10.5. The van der Waals surface area contributed by atoms with Crippen LogP contribution in [-0.4, -0.2) is 30.5 Å². The van der Waals surface area contributed by atoms with Gasteiger partial charge in [0.1, 0.15) is 0 Å². The van der Waals surface area contributed by atoms with Crippen molar-refractivity contribution in [1.82, 2.24) is 4.90 Å². The van der Waals surface area contributed by atoms with Crippen LogP contribution >= 0.6 is 24.0 Å². The highest BCUT2D eigenvalue weighted by molar-refractivity contribution is 14.0. The van der Waals surface area contributed by atoms with E-state index in [4.69, 9.17) is 11.5 Å². The Morgan fingerprint density at radius 3 is 2.33 bits per heavy atom. The van der Waals surface area contributed by atoms with E-state index in [9.17, 15) is 0 Å². The summed E-state index contributed by atoms with van der Waals surface area (Å²) in [6.45, 7) is 2.92. The van der Waals surface area contributed by atoms with Gasteiger partial charge in [-0.2, -0.15) is 0 Å². The van der Waals surface area contributed by atoms with E-state index in [1.54, 1.807) is 0 Å². The van der Waals surface area contributed by atoms with Crippen molar-refractivity contribution in [2.24, 2.45) is 16.5 Å². The molecule has 0 saturated carbocycles. The molecule has 0 aliphatic carbocycles. The molecule has 0 spiro atoms. The van der Waals surface area contributed by atoms with E-state index in [-0.39, 0.29) is 29.9 Å². The molecule has 4 nitrogen and oxygen atoms in total. The average molecular weight is 360 g/mol. The van der Waals surface area contributed by atoms with Gasteiger partial charge in [-0.1, -0.05) is 30.3 Å². The summed E-state index contributed by atoms with van der Waals surface area (Å²) in [7, 11) is 0. The molecule has 100 valence electrons. The first-order valence-corrected chi connectivity index (χ1v) is 6.12. The van der Waals surface area contributed by atoms with Crippen LogP contribution in [0.4, 0.5) is 0 Å². The molecule has 0 aromatic heterocycles. The second kappa shape index (κ2) is 7.58. The molecule has 18 heavy (non-hydrogen) atoms. The van der Waals surface area contributed by atoms with E-state index in [2.05, 4.69) is 34.2 Å². The lowest BCUT2D eigenvalue weighted by Gasteiger charge is -2.26. The largest absolute Gasteiger partial charge is 0.370 e. The molecule has 0 radical (unpaired) electrons. The normalized spacial score (nSPS) is 16.9. The van der Waals surface area contributed by atoms with Crippen LogP contribution in [0.2, 0.25) is 0 Å². The molecule has 1 aromatic carbocycles. The number of aliphatic imine (C=N–C) groups is 1. The number of hydrogen-bond donors (Lipinski definition) is 2. The van der Waals surface area contributed by atoms with Crippen LogP contribution in [-0.2, 0) is 0 Å². The van der Waals surface area contributed by atoms with Gasteiger partial charge in [-0.25, -0.2) is 0 Å². The van der Waals surface area contributed by atoms with Gasteiger partial charge in [-0.3, -0.25) is 9.89 Å². The highest BCUT2D eigenvalue weighted by Crippen LogP contribution is 2.25. The molecule has 1 heterocycles. The first-order chi connectivity index (χ1) is 8.27. The Morgan fingerprint density at radius 1 is 1.17 bits per heavy atom. The van der Waals surface area contributed by atoms with Gasteiger partial charge >= 0.3 is 0 Å². The van der Waals surface area contributed by atoms with Gasteiger partial charge < -0.3 is 11.5 Å². The number of nitrogens with zero attached hydrogens (tertiary/aromatic N) is 2. The summed E-state index contributed by atoms with van der Waals surface area (Å²) >= 11 is 0. The average Bonchev–Trinajstić information content (AvgIpc) is 2.84. The third-order valence-electron chi connectivity index (χ3n) is 3.21. The monoisotopic (exact) mass is 360 g/mol. The zero-order chi connectivity index (χ0) is 12.1. The minimum absolute atomic E-state index is 0. The van der Waals surface area contributed by atoms with Crippen LogP contribution in [0.15, 0.2) is 35.3 Å². The van der Waals surface area contributed by atoms with Gasteiger partial charge in [0.05, 0.1) is 12.6 Å². The van der Waals surface area contributed by atoms with Crippen molar-refractivity contribution in [2.45, 2.75) is 18.9 Å². The molecule has 1 saturated heterocycles. The second-order valence-electron chi connectivity index (χ2n) is 4.44. The lowest BCUT2D eigenvalue weighted by molar-refractivity contribution is 0.252. The van der Waals surface area contributed by atoms with Crippen molar-refractivity contribution in [2.75, 3.05) is 19.6 Å². The molecule has 1 fully saturated rings. The molecule has 5 heteroatoms. The standard InChI is InChI=1S/C13H20N4.HI/c14-13(15)16-10-12(17-8-4-5-9-17)11-6-2-1-3-7-11;/h1-3,6-7,12H,4-5,8-10H2,(H4,14,15,16);1H. The Morgan fingerprint density at radius 2 is 1.78 bits per heavy atom. The summed E-state index contributed by atoms with van der Waals surface area (Å²) in [5.41, 5.74) is 12.1. The molecule has 0 amide bonds. The SMILES string of the molecule is I.NC(N)=NCC(c1ccccc1)N1CCCC1. The lowest BCUT2D eigenvalue weighted by atomic mass is 10.1. The van der Waals surface area contributed by atoms with Crippen LogP contribution in [0.1, 0.15) is 24.4 Å². The highest BCUT2D eigenvalue weighted by Gasteiger charge is 2.22. The molecule has 1 atom stereocenters. The fourth-order valence-electron chi connectivity index (χ4n) is 2.35. The molecule has 2 rings (SSSR count). The number of hydrogen-bond acceptors (Lipinski definition) is 2. The molecule has 0 bridgehead atoms. The highest BCUT2D eigenvalue weighted by atomic mass is 127. The van der Waals surface area contributed by atoms with E-state index in [1.165, 1.54) is 18.4 Å². The fraction of sp³-hybridized carbons (Fsp3) is 0.462. The fourth-order valence-corrected chi connectivity index (χ4v) is 2.35. The smallest absolute Gasteiger partial charge is 0.185 e. The Bertz CT molecular complexity index is 370.